The fourth-order valence-corrected chi connectivity index (χ4v) is 3.57. The third-order valence-corrected chi connectivity index (χ3v) is 5.39. The Morgan fingerprint density at radius 2 is 1.82 bits per heavy atom. The highest BCUT2D eigenvalue weighted by atomic mass is 35.6. The molecule has 1 unspecified atom stereocenters. The molecule has 0 aliphatic carbocycles. The van der Waals surface area contributed by atoms with Crippen LogP contribution in [0, 0.1) is 5.41 Å². The van der Waals surface area contributed by atoms with E-state index in [1.807, 2.05) is 0 Å². The number of hydrazine groups is 1. The van der Waals surface area contributed by atoms with Crippen molar-refractivity contribution in [3.8, 4) is 0 Å². The fraction of sp³-hybridized carbons (Fsp3) is 0.444. The minimum Gasteiger partial charge on any atom is -0.460 e. The van der Waals surface area contributed by atoms with E-state index in [2.05, 4.69) is 15.5 Å². The Hall–Kier alpha value is -2.60. The first-order valence-electron chi connectivity index (χ1n) is 9.39. The Kier molecular flexibility index (Phi) is 7.37. The zero-order valence-corrected chi connectivity index (χ0v) is 19.3. The van der Waals surface area contributed by atoms with Crippen LogP contribution in [0.1, 0.15) is 34.6 Å². The molecular formula is C18H17Cl3N6O6. The van der Waals surface area contributed by atoms with Gasteiger partial charge < -0.3 is 14.2 Å². The first kappa shape index (κ1) is 25.0. The van der Waals surface area contributed by atoms with Gasteiger partial charge in [0.2, 0.25) is 12.2 Å². The fourth-order valence-electron chi connectivity index (χ4n) is 3.44. The quantitative estimate of drug-likeness (QED) is 0.0881. The van der Waals surface area contributed by atoms with Crippen LogP contribution in [0.3, 0.4) is 0 Å². The summed E-state index contributed by atoms with van der Waals surface area (Å²) in [6.45, 7) is 2.64. The maximum Gasteiger partial charge on any atom is 0.302 e. The van der Waals surface area contributed by atoms with Crippen LogP contribution in [0.2, 0.25) is 0 Å². The van der Waals surface area contributed by atoms with Crippen molar-refractivity contribution < 1.29 is 28.6 Å². The molecular weight excluding hydrogens is 503 g/mol. The number of carbonyl (C=O) groups is 3. The molecule has 15 heteroatoms. The van der Waals surface area contributed by atoms with Crippen LogP contribution < -0.4 is 5.43 Å². The van der Waals surface area contributed by atoms with Crippen molar-refractivity contribution in [2.24, 2.45) is 5.11 Å². The number of hydrogen-bond acceptors (Lipinski definition) is 9. The van der Waals surface area contributed by atoms with Crippen LogP contribution in [0.15, 0.2) is 29.4 Å². The van der Waals surface area contributed by atoms with Crippen LogP contribution >= 0.6 is 34.8 Å². The molecule has 176 valence electrons. The average molecular weight is 520 g/mol. The number of rotatable bonds is 5. The number of imide groups is 1. The zero-order valence-electron chi connectivity index (χ0n) is 17.1. The standard InChI is InChI=1S/C18H17Cl3N6O6/c1-7-11(25-27-14(29)9-5-3-4-6-10(9)15(27)30)13(32-8(2)28)12(24-26-23)16(31-7)33-17(22)18(19,20)21/h3-7,11-13,16,22,25H,1-2H3/t7-,11+,12-,13+,16?/m1/s1. The van der Waals surface area contributed by atoms with Crippen molar-refractivity contribution in [2.45, 2.75) is 48.2 Å². The lowest BCUT2D eigenvalue weighted by molar-refractivity contribution is -0.214. The van der Waals surface area contributed by atoms with Crippen molar-refractivity contribution in [3.63, 3.8) is 0 Å². The number of ether oxygens (including phenoxy) is 3. The number of carbonyl (C=O) groups excluding carboxylic acids is 3. The van der Waals surface area contributed by atoms with Crippen molar-refractivity contribution in [3.05, 3.63) is 45.8 Å². The van der Waals surface area contributed by atoms with Crippen LogP contribution in [0.25, 0.3) is 10.4 Å². The number of halogens is 3. The zero-order chi connectivity index (χ0) is 24.5. The third kappa shape index (κ3) is 5.16. The average Bonchev–Trinajstić information content (AvgIpc) is 2.97. The molecule has 12 nitrogen and oxygen atoms in total. The summed E-state index contributed by atoms with van der Waals surface area (Å²) in [6, 6.07) is 3.79. The van der Waals surface area contributed by atoms with E-state index in [1.165, 1.54) is 19.1 Å². The summed E-state index contributed by atoms with van der Waals surface area (Å²) in [5.41, 5.74) is 12.2. The molecule has 1 aromatic carbocycles. The molecule has 1 aromatic rings. The predicted octanol–water partition coefficient (Wildman–Crippen LogP) is 2.88. The molecule has 1 fully saturated rings. The Bertz CT molecular complexity index is 1010. The van der Waals surface area contributed by atoms with Gasteiger partial charge in [0, 0.05) is 11.8 Å². The van der Waals surface area contributed by atoms with E-state index in [0.29, 0.717) is 0 Å². The lowest BCUT2D eigenvalue weighted by Gasteiger charge is -2.44. The van der Waals surface area contributed by atoms with Gasteiger partial charge in [-0.2, -0.15) is 0 Å². The monoisotopic (exact) mass is 518 g/mol. The number of nitrogens with one attached hydrogen (secondary N) is 2. The maximum atomic E-state index is 12.8. The lowest BCUT2D eigenvalue weighted by Crippen LogP contribution is -2.66. The largest absolute Gasteiger partial charge is 0.460 e. The molecule has 2 aliphatic heterocycles. The SMILES string of the molecule is CC(=O)O[C@H]1[C@@H](NN2C(=O)c3ccccc3C2=O)[C@@H](C)OC(OC(=N)C(Cl)(Cl)Cl)[C@@H]1N=[N+]=[N-]. The Balaban J connectivity index is 1.92. The summed E-state index contributed by atoms with van der Waals surface area (Å²) in [7, 11) is 0. The second kappa shape index (κ2) is 9.72. The second-order valence-electron chi connectivity index (χ2n) is 7.07. The molecule has 33 heavy (non-hydrogen) atoms. The van der Waals surface area contributed by atoms with Gasteiger partial charge in [0.25, 0.3) is 15.6 Å². The minimum atomic E-state index is -2.24. The van der Waals surface area contributed by atoms with E-state index in [9.17, 15) is 14.4 Å². The summed E-state index contributed by atoms with van der Waals surface area (Å²) in [5.74, 6) is -2.82. The Morgan fingerprint density at radius 1 is 1.24 bits per heavy atom. The molecule has 0 spiro atoms. The van der Waals surface area contributed by atoms with Gasteiger partial charge in [-0.25, -0.2) is 10.4 Å². The van der Waals surface area contributed by atoms with Gasteiger partial charge in [0.05, 0.1) is 23.3 Å². The number of benzene rings is 1. The van der Waals surface area contributed by atoms with Crippen molar-refractivity contribution in [1.29, 1.82) is 5.41 Å². The highest BCUT2D eigenvalue weighted by molar-refractivity contribution is 6.76. The lowest BCUT2D eigenvalue weighted by atomic mass is 9.95. The first-order chi connectivity index (χ1) is 15.5. The molecule has 2 amide bonds. The van der Waals surface area contributed by atoms with Crippen LogP contribution in [0.4, 0.5) is 0 Å². The summed E-state index contributed by atoms with van der Waals surface area (Å²) in [6.07, 6.45) is -3.68. The predicted molar refractivity (Wildman–Crippen MR) is 116 cm³/mol. The number of hydrogen-bond donors (Lipinski definition) is 2. The van der Waals surface area contributed by atoms with Crippen LogP contribution in [-0.2, 0) is 19.0 Å². The summed E-state index contributed by atoms with van der Waals surface area (Å²) in [5, 5.41) is 12.1. The number of nitrogens with zero attached hydrogens (tertiary/aromatic N) is 4. The molecule has 5 atom stereocenters. The van der Waals surface area contributed by atoms with Gasteiger partial charge in [-0.1, -0.05) is 52.0 Å². The summed E-state index contributed by atoms with van der Waals surface area (Å²) in [4.78, 5) is 40.1. The van der Waals surface area contributed by atoms with Gasteiger partial charge >= 0.3 is 5.97 Å². The normalized spacial score (nSPS) is 26.9. The van der Waals surface area contributed by atoms with Crippen molar-refractivity contribution in [2.75, 3.05) is 0 Å². The van der Waals surface area contributed by atoms with E-state index in [1.54, 1.807) is 12.1 Å². The second-order valence-corrected chi connectivity index (χ2v) is 9.35. The molecule has 0 aromatic heterocycles. The van der Waals surface area contributed by atoms with Crippen LogP contribution in [-0.4, -0.2) is 63.1 Å². The smallest absolute Gasteiger partial charge is 0.302 e. The number of esters is 1. The van der Waals surface area contributed by atoms with Gasteiger partial charge in [0.1, 0.15) is 12.1 Å². The topological polar surface area (TPSA) is 167 Å². The van der Waals surface area contributed by atoms with Gasteiger partial charge in [-0.05, 0) is 24.6 Å². The van der Waals surface area contributed by atoms with E-state index >= 15 is 0 Å². The van der Waals surface area contributed by atoms with E-state index in [-0.39, 0.29) is 11.1 Å². The Morgan fingerprint density at radius 3 is 2.30 bits per heavy atom. The van der Waals surface area contributed by atoms with Gasteiger partial charge in [-0.15, -0.1) is 0 Å². The van der Waals surface area contributed by atoms with Gasteiger partial charge in [0.15, 0.2) is 0 Å². The molecule has 0 radical (unpaired) electrons. The molecule has 3 rings (SSSR count). The van der Waals surface area contributed by atoms with Crippen molar-refractivity contribution in [1.82, 2.24) is 10.4 Å². The molecule has 1 saturated heterocycles. The molecule has 0 bridgehead atoms. The van der Waals surface area contributed by atoms with Crippen molar-refractivity contribution >= 4 is 58.5 Å². The molecule has 2 aliphatic rings. The first-order valence-corrected chi connectivity index (χ1v) is 10.5. The number of azide groups is 1. The molecule has 0 saturated carbocycles. The van der Waals surface area contributed by atoms with E-state index < -0.39 is 58.1 Å². The van der Waals surface area contributed by atoms with E-state index in [4.69, 9.17) is 60.0 Å². The highest BCUT2D eigenvalue weighted by Gasteiger charge is 2.51. The highest BCUT2D eigenvalue weighted by Crippen LogP contribution is 2.33. The number of fused-ring (bicyclic) bond motifs is 1. The maximum absolute atomic E-state index is 12.8. The third-order valence-electron chi connectivity index (χ3n) is 4.87. The number of alkyl halides is 3. The number of amides is 2. The van der Waals surface area contributed by atoms with Gasteiger partial charge in [-0.3, -0.25) is 19.8 Å². The summed E-state index contributed by atoms with van der Waals surface area (Å²) < 4.78 is 14.1. The molecule has 2 heterocycles. The van der Waals surface area contributed by atoms with Crippen LogP contribution in [0.5, 0.6) is 0 Å². The van der Waals surface area contributed by atoms with E-state index in [0.717, 1.165) is 11.9 Å². The minimum absolute atomic E-state index is 0.187. The Labute approximate surface area is 202 Å². The molecule has 2 N–H and O–H groups in total. The summed E-state index contributed by atoms with van der Waals surface area (Å²) >= 11 is 16.9.